The molecule has 3 unspecified atom stereocenters. The Kier molecular flexibility index (Phi) is 3.92. The van der Waals surface area contributed by atoms with E-state index >= 15 is 0 Å². The number of hydrogen-bond acceptors (Lipinski definition) is 3. The monoisotopic (exact) mass is 275 g/mol. The smallest absolute Gasteiger partial charge is 0.220 e. The number of ether oxygens (including phenoxy) is 2. The predicted octanol–water partition coefficient (Wildman–Crippen LogP) is 2.24. The lowest BCUT2D eigenvalue weighted by molar-refractivity contribution is -0.119. The molecule has 5 rings (SSSR count). The van der Waals surface area contributed by atoms with Gasteiger partial charge in [0, 0.05) is 18.9 Å². The summed E-state index contributed by atoms with van der Waals surface area (Å²) in [6, 6.07) is 7.89. The van der Waals surface area contributed by atoms with Crippen LogP contribution in [0, 0.1) is 0 Å². The molecule has 3 atom stereocenters. The standard InChI is InChI=1S/C11H13NO2.C5H8O/c1-14-10-4-2-8(3-5-10)9-6-11(13)12-7-9;1-2-5-3-4(1)6-5/h2-5,9H,6-7H2,1H3,(H,12,13);4-5H,1-3H2. The number of fused-ring (bicyclic) bond motifs is 1. The van der Waals surface area contributed by atoms with Gasteiger partial charge in [0.25, 0.3) is 0 Å². The van der Waals surface area contributed by atoms with Crippen molar-refractivity contribution in [2.45, 2.75) is 43.8 Å². The van der Waals surface area contributed by atoms with Crippen LogP contribution >= 0.6 is 0 Å². The molecule has 3 saturated heterocycles. The number of amides is 1. The molecule has 3 aliphatic heterocycles. The van der Waals surface area contributed by atoms with E-state index < -0.39 is 0 Å². The maximum absolute atomic E-state index is 11.0. The average Bonchev–Trinajstić information content (AvgIpc) is 3.15. The molecule has 108 valence electrons. The number of benzene rings is 1. The van der Waals surface area contributed by atoms with E-state index in [1.165, 1.54) is 24.8 Å². The van der Waals surface area contributed by atoms with Crippen LogP contribution in [0.5, 0.6) is 5.75 Å². The summed E-state index contributed by atoms with van der Waals surface area (Å²) in [5, 5.41) is 2.83. The van der Waals surface area contributed by atoms with Crippen LogP contribution < -0.4 is 10.1 Å². The number of carbonyl (C=O) groups excluding carboxylic acids is 1. The Morgan fingerprint density at radius 2 is 1.85 bits per heavy atom. The van der Waals surface area contributed by atoms with Crippen molar-refractivity contribution in [3.8, 4) is 5.75 Å². The lowest BCUT2D eigenvalue weighted by atomic mass is 9.98. The van der Waals surface area contributed by atoms with Crippen molar-refractivity contribution in [2.75, 3.05) is 13.7 Å². The highest BCUT2D eigenvalue weighted by molar-refractivity contribution is 5.79. The van der Waals surface area contributed by atoms with E-state index in [9.17, 15) is 4.79 Å². The third-order valence-corrected chi connectivity index (χ3v) is 4.29. The maximum atomic E-state index is 11.0. The zero-order valence-electron chi connectivity index (χ0n) is 11.8. The molecule has 2 bridgehead atoms. The van der Waals surface area contributed by atoms with E-state index in [0.29, 0.717) is 24.5 Å². The molecule has 0 aromatic heterocycles. The van der Waals surface area contributed by atoms with Crippen molar-refractivity contribution in [2.24, 2.45) is 0 Å². The Morgan fingerprint density at radius 1 is 1.20 bits per heavy atom. The minimum atomic E-state index is 0.144. The van der Waals surface area contributed by atoms with Crippen molar-refractivity contribution in [1.82, 2.24) is 5.32 Å². The highest BCUT2D eigenvalue weighted by Gasteiger charge is 2.36. The van der Waals surface area contributed by atoms with Gasteiger partial charge in [0.15, 0.2) is 0 Å². The largest absolute Gasteiger partial charge is 0.497 e. The fraction of sp³-hybridized carbons (Fsp3) is 0.562. The van der Waals surface area contributed by atoms with Crippen molar-refractivity contribution < 1.29 is 14.3 Å². The predicted molar refractivity (Wildman–Crippen MR) is 75.9 cm³/mol. The summed E-state index contributed by atoms with van der Waals surface area (Å²) in [4.78, 5) is 11.0. The highest BCUT2D eigenvalue weighted by atomic mass is 16.5. The quantitative estimate of drug-likeness (QED) is 0.900. The SMILES string of the molecule is C1CC2CC1O2.COc1ccc(C2CNC(=O)C2)cc1. The Balaban J connectivity index is 0.000000165. The summed E-state index contributed by atoms with van der Waals surface area (Å²) < 4.78 is 10.3. The molecule has 1 saturated carbocycles. The summed E-state index contributed by atoms with van der Waals surface area (Å²) >= 11 is 0. The van der Waals surface area contributed by atoms with E-state index in [1.807, 2.05) is 24.3 Å². The molecule has 20 heavy (non-hydrogen) atoms. The van der Waals surface area contributed by atoms with Crippen LogP contribution in [0.2, 0.25) is 0 Å². The summed E-state index contributed by atoms with van der Waals surface area (Å²) in [6.45, 7) is 0.755. The molecule has 4 nitrogen and oxygen atoms in total. The zero-order chi connectivity index (χ0) is 13.9. The normalized spacial score (nSPS) is 30.1. The van der Waals surface area contributed by atoms with Gasteiger partial charge in [-0.05, 0) is 37.0 Å². The van der Waals surface area contributed by atoms with Crippen molar-refractivity contribution in [1.29, 1.82) is 0 Å². The third-order valence-electron chi connectivity index (χ3n) is 4.29. The Bertz CT molecular complexity index is 452. The summed E-state index contributed by atoms with van der Waals surface area (Å²) in [5.74, 6) is 1.32. The molecule has 1 N–H and O–H groups in total. The van der Waals surface area contributed by atoms with Crippen molar-refractivity contribution in [3.63, 3.8) is 0 Å². The van der Waals surface area contributed by atoms with Crippen LogP contribution in [0.15, 0.2) is 24.3 Å². The first kappa shape index (κ1) is 13.4. The molecule has 0 spiro atoms. The Hall–Kier alpha value is -1.55. The average molecular weight is 275 g/mol. The van der Waals surface area contributed by atoms with E-state index in [4.69, 9.17) is 9.47 Å². The topological polar surface area (TPSA) is 47.6 Å². The number of carbonyl (C=O) groups is 1. The molecule has 1 aromatic carbocycles. The van der Waals surface area contributed by atoms with Gasteiger partial charge in [0.2, 0.25) is 5.91 Å². The second-order valence-corrected chi connectivity index (χ2v) is 5.67. The Morgan fingerprint density at radius 3 is 2.25 bits per heavy atom. The zero-order valence-corrected chi connectivity index (χ0v) is 11.8. The number of rotatable bonds is 2. The fourth-order valence-corrected chi connectivity index (χ4v) is 3.01. The number of hydrogen-bond donors (Lipinski definition) is 1. The van der Waals surface area contributed by atoms with Gasteiger partial charge < -0.3 is 14.8 Å². The van der Waals surface area contributed by atoms with Gasteiger partial charge in [0.1, 0.15) is 5.75 Å². The van der Waals surface area contributed by atoms with Crippen molar-refractivity contribution in [3.05, 3.63) is 29.8 Å². The number of nitrogens with one attached hydrogen (secondary N) is 1. The summed E-state index contributed by atoms with van der Waals surface area (Å²) in [7, 11) is 1.65. The van der Waals surface area contributed by atoms with Gasteiger partial charge in [-0.2, -0.15) is 0 Å². The Labute approximate surface area is 119 Å². The van der Waals surface area contributed by atoms with E-state index in [-0.39, 0.29) is 5.91 Å². The van der Waals surface area contributed by atoms with Crippen LogP contribution in [-0.4, -0.2) is 31.8 Å². The maximum Gasteiger partial charge on any atom is 0.220 e. The van der Waals surface area contributed by atoms with Crippen molar-refractivity contribution >= 4 is 5.91 Å². The fourth-order valence-electron chi connectivity index (χ4n) is 3.01. The second-order valence-electron chi connectivity index (χ2n) is 5.67. The van der Waals surface area contributed by atoms with Crippen LogP contribution in [0.1, 0.15) is 37.2 Å². The minimum absolute atomic E-state index is 0.144. The van der Waals surface area contributed by atoms with Crippen LogP contribution in [0.3, 0.4) is 0 Å². The van der Waals surface area contributed by atoms with E-state index in [2.05, 4.69) is 5.32 Å². The first-order chi connectivity index (χ1) is 9.74. The molecule has 0 radical (unpaired) electrons. The molecule has 1 aliphatic carbocycles. The van der Waals surface area contributed by atoms with E-state index in [0.717, 1.165) is 12.3 Å². The molecular weight excluding hydrogens is 254 g/mol. The van der Waals surface area contributed by atoms with Gasteiger partial charge in [-0.1, -0.05) is 12.1 Å². The molecule has 3 heterocycles. The molecular formula is C16H21NO3. The van der Waals surface area contributed by atoms with Crippen LogP contribution in [0.4, 0.5) is 0 Å². The van der Waals surface area contributed by atoms with Crippen LogP contribution in [-0.2, 0) is 9.53 Å². The first-order valence-corrected chi connectivity index (χ1v) is 7.30. The van der Waals surface area contributed by atoms with Gasteiger partial charge in [-0.3, -0.25) is 4.79 Å². The van der Waals surface area contributed by atoms with Gasteiger partial charge in [-0.15, -0.1) is 0 Å². The molecule has 4 aliphatic rings. The third kappa shape index (κ3) is 2.96. The summed E-state index contributed by atoms with van der Waals surface area (Å²) in [5.41, 5.74) is 1.20. The lowest BCUT2D eigenvalue weighted by Crippen LogP contribution is -2.25. The van der Waals surface area contributed by atoms with Gasteiger partial charge in [0.05, 0.1) is 19.3 Å². The summed E-state index contributed by atoms with van der Waals surface area (Å²) in [6.07, 6.45) is 6.02. The number of methoxy groups -OCH3 is 1. The van der Waals surface area contributed by atoms with E-state index in [1.54, 1.807) is 7.11 Å². The van der Waals surface area contributed by atoms with Crippen LogP contribution in [0.25, 0.3) is 0 Å². The molecule has 4 fully saturated rings. The highest BCUT2D eigenvalue weighted by Crippen LogP contribution is 2.36. The second kappa shape index (κ2) is 5.83. The molecule has 1 amide bonds. The van der Waals surface area contributed by atoms with Gasteiger partial charge >= 0.3 is 0 Å². The molecule has 1 aromatic rings. The van der Waals surface area contributed by atoms with Gasteiger partial charge in [-0.25, -0.2) is 0 Å². The first-order valence-electron chi connectivity index (χ1n) is 7.30. The minimum Gasteiger partial charge on any atom is -0.497 e. The molecule has 4 heteroatoms. The lowest BCUT2D eigenvalue weighted by Gasteiger charge is -2.23.